The van der Waals surface area contributed by atoms with E-state index >= 15 is 0 Å². The molecule has 5 aromatic rings. The van der Waals surface area contributed by atoms with Crippen molar-refractivity contribution in [1.82, 2.24) is 9.88 Å². The van der Waals surface area contributed by atoms with Gasteiger partial charge in [-0.05, 0) is 72.6 Å². The average Bonchev–Trinajstić information content (AvgIpc) is 3.01. The van der Waals surface area contributed by atoms with Crippen LogP contribution in [0.3, 0.4) is 0 Å². The number of likely N-dealkylation sites (N-methyl/N-ethyl adjacent to an activating group) is 1. The number of benzene rings is 4. The van der Waals surface area contributed by atoms with Crippen molar-refractivity contribution in [3.63, 3.8) is 0 Å². The van der Waals surface area contributed by atoms with Gasteiger partial charge in [-0.15, -0.1) is 0 Å². The Bertz CT molecular complexity index is 1850. The summed E-state index contributed by atoms with van der Waals surface area (Å²) in [5.41, 5.74) is 3.56. The van der Waals surface area contributed by atoms with E-state index in [4.69, 9.17) is 14.2 Å². The normalized spacial score (nSPS) is 11.2. The molecule has 4 aromatic carbocycles. The topological polar surface area (TPSA) is 92.9 Å². The standard InChI is InChI=1S/C34H34FN3O5/c1-38(20-22-12-14-29(42-3)30(18-22)43-4)16-15-21-11-13-28(41-2)27(17-21)36-31(39)19-23-7-5-8-24-32(23)37-33-25(34(24)40)9-6-10-26(33)35/h5-14,17-18H,15-16,19-20H2,1-4H3,(H,36,39)(H,37,40). The van der Waals surface area contributed by atoms with Crippen molar-refractivity contribution in [2.24, 2.45) is 0 Å². The number of aromatic amines is 1. The molecule has 5 rings (SSSR count). The van der Waals surface area contributed by atoms with Crippen molar-refractivity contribution in [3.8, 4) is 17.2 Å². The van der Waals surface area contributed by atoms with E-state index in [9.17, 15) is 14.0 Å². The van der Waals surface area contributed by atoms with Crippen LogP contribution in [-0.4, -0.2) is 50.7 Å². The van der Waals surface area contributed by atoms with E-state index in [0.717, 1.165) is 30.6 Å². The molecule has 222 valence electrons. The summed E-state index contributed by atoms with van der Waals surface area (Å²) in [5.74, 6) is 1.11. The number of hydrogen-bond acceptors (Lipinski definition) is 6. The van der Waals surface area contributed by atoms with Crippen LogP contribution in [0.2, 0.25) is 0 Å². The molecule has 0 aliphatic rings. The number of anilines is 1. The zero-order valence-electron chi connectivity index (χ0n) is 24.6. The minimum atomic E-state index is -0.522. The van der Waals surface area contributed by atoms with Crippen molar-refractivity contribution < 1.29 is 23.4 Å². The molecule has 0 bridgehead atoms. The summed E-state index contributed by atoms with van der Waals surface area (Å²) in [6.07, 6.45) is 0.731. The van der Waals surface area contributed by atoms with Gasteiger partial charge in [0.15, 0.2) is 16.9 Å². The molecule has 1 aromatic heterocycles. The summed E-state index contributed by atoms with van der Waals surface area (Å²) in [6.45, 7) is 1.51. The number of carbonyl (C=O) groups excluding carboxylic acids is 1. The minimum absolute atomic E-state index is 0.0192. The van der Waals surface area contributed by atoms with Crippen molar-refractivity contribution in [2.75, 3.05) is 40.2 Å². The van der Waals surface area contributed by atoms with Crippen LogP contribution in [0.5, 0.6) is 17.2 Å². The molecule has 1 heterocycles. The number of amides is 1. The Balaban J connectivity index is 1.29. The molecular weight excluding hydrogens is 549 g/mol. The number of H-pyrrole nitrogens is 1. The molecule has 9 heteroatoms. The average molecular weight is 584 g/mol. The Morgan fingerprint density at radius 3 is 2.26 bits per heavy atom. The zero-order chi connectivity index (χ0) is 30.5. The number of ether oxygens (including phenoxy) is 3. The summed E-state index contributed by atoms with van der Waals surface area (Å²) in [4.78, 5) is 31.5. The monoisotopic (exact) mass is 583 g/mol. The second kappa shape index (κ2) is 13.0. The van der Waals surface area contributed by atoms with Crippen LogP contribution in [0.25, 0.3) is 21.8 Å². The van der Waals surface area contributed by atoms with Crippen molar-refractivity contribution in [2.45, 2.75) is 19.4 Å². The largest absolute Gasteiger partial charge is 0.495 e. The predicted octanol–water partition coefficient (Wildman–Crippen LogP) is 5.70. The van der Waals surface area contributed by atoms with Crippen LogP contribution in [0.15, 0.2) is 77.6 Å². The number of pyridine rings is 1. The van der Waals surface area contributed by atoms with Gasteiger partial charge in [0.25, 0.3) is 0 Å². The molecule has 0 unspecified atom stereocenters. The van der Waals surface area contributed by atoms with E-state index in [1.165, 1.54) is 12.1 Å². The number of carbonyl (C=O) groups is 1. The van der Waals surface area contributed by atoms with Gasteiger partial charge in [0.05, 0.1) is 44.5 Å². The Hall–Kier alpha value is -4.89. The Morgan fingerprint density at radius 1 is 0.837 bits per heavy atom. The van der Waals surface area contributed by atoms with Crippen LogP contribution in [0, 0.1) is 5.82 Å². The highest BCUT2D eigenvalue weighted by atomic mass is 19.1. The first-order valence-electron chi connectivity index (χ1n) is 13.9. The fraction of sp³-hybridized carbons (Fsp3) is 0.235. The Morgan fingerprint density at radius 2 is 1.51 bits per heavy atom. The highest BCUT2D eigenvalue weighted by Crippen LogP contribution is 2.29. The number of halogens is 1. The molecule has 0 spiro atoms. The number of aromatic nitrogens is 1. The number of nitrogens with zero attached hydrogens (tertiary/aromatic N) is 1. The second-order valence-corrected chi connectivity index (χ2v) is 10.4. The lowest BCUT2D eigenvalue weighted by Gasteiger charge is -2.18. The van der Waals surface area contributed by atoms with Gasteiger partial charge < -0.3 is 29.4 Å². The summed E-state index contributed by atoms with van der Waals surface area (Å²) in [6, 6.07) is 21.2. The van der Waals surface area contributed by atoms with Gasteiger partial charge in [-0.1, -0.05) is 30.3 Å². The van der Waals surface area contributed by atoms with E-state index in [2.05, 4.69) is 15.2 Å². The minimum Gasteiger partial charge on any atom is -0.495 e. The Kier molecular flexibility index (Phi) is 8.92. The van der Waals surface area contributed by atoms with Gasteiger partial charge in [0.1, 0.15) is 11.6 Å². The van der Waals surface area contributed by atoms with E-state index in [1.54, 1.807) is 45.6 Å². The highest BCUT2D eigenvalue weighted by Gasteiger charge is 2.15. The van der Waals surface area contributed by atoms with Crippen LogP contribution < -0.4 is 25.0 Å². The maximum Gasteiger partial charge on any atom is 0.228 e. The maximum absolute atomic E-state index is 14.5. The number of nitrogens with one attached hydrogen (secondary N) is 2. The summed E-state index contributed by atoms with van der Waals surface area (Å²) < 4.78 is 30.8. The molecular formula is C34H34FN3O5. The van der Waals surface area contributed by atoms with Gasteiger partial charge in [-0.25, -0.2) is 4.39 Å². The number of fused-ring (bicyclic) bond motifs is 2. The molecule has 0 aliphatic carbocycles. The number of para-hydroxylation sites is 2. The molecule has 0 radical (unpaired) electrons. The van der Waals surface area contributed by atoms with Crippen molar-refractivity contribution >= 4 is 33.4 Å². The first-order chi connectivity index (χ1) is 20.8. The van der Waals surface area contributed by atoms with Gasteiger partial charge in [-0.2, -0.15) is 0 Å². The first-order valence-corrected chi connectivity index (χ1v) is 13.9. The van der Waals surface area contributed by atoms with Gasteiger partial charge in [0, 0.05) is 23.9 Å². The molecule has 0 saturated heterocycles. The number of hydrogen-bond donors (Lipinski definition) is 2. The lowest BCUT2D eigenvalue weighted by Crippen LogP contribution is -2.21. The quantitative estimate of drug-likeness (QED) is 0.194. The third kappa shape index (κ3) is 6.47. The summed E-state index contributed by atoms with van der Waals surface area (Å²) in [7, 11) is 6.84. The lowest BCUT2D eigenvalue weighted by molar-refractivity contribution is -0.115. The predicted molar refractivity (Wildman–Crippen MR) is 167 cm³/mol. The van der Waals surface area contributed by atoms with E-state index in [0.29, 0.717) is 39.4 Å². The first kappa shape index (κ1) is 29.6. The molecule has 0 aliphatic heterocycles. The molecule has 8 nitrogen and oxygen atoms in total. The summed E-state index contributed by atoms with van der Waals surface area (Å²) >= 11 is 0. The smallest absolute Gasteiger partial charge is 0.228 e. The molecule has 0 atom stereocenters. The number of methoxy groups -OCH3 is 3. The van der Waals surface area contributed by atoms with E-state index in [1.807, 2.05) is 43.4 Å². The fourth-order valence-corrected chi connectivity index (χ4v) is 5.26. The molecule has 0 saturated carbocycles. The van der Waals surface area contributed by atoms with Gasteiger partial charge >= 0.3 is 0 Å². The third-order valence-electron chi connectivity index (χ3n) is 7.48. The number of rotatable bonds is 11. The summed E-state index contributed by atoms with van der Waals surface area (Å²) in [5, 5.41) is 3.63. The zero-order valence-corrected chi connectivity index (χ0v) is 24.6. The van der Waals surface area contributed by atoms with Crippen molar-refractivity contribution in [3.05, 3.63) is 106 Å². The lowest BCUT2D eigenvalue weighted by atomic mass is 10.0. The molecule has 2 N–H and O–H groups in total. The molecule has 43 heavy (non-hydrogen) atoms. The van der Waals surface area contributed by atoms with Crippen LogP contribution in [0.4, 0.5) is 10.1 Å². The molecule has 0 fully saturated rings. The maximum atomic E-state index is 14.5. The van der Waals surface area contributed by atoms with Crippen LogP contribution in [-0.2, 0) is 24.2 Å². The van der Waals surface area contributed by atoms with E-state index in [-0.39, 0.29) is 28.7 Å². The van der Waals surface area contributed by atoms with Gasteiger partial charge in [0.2, 0.25) is 5.91 Å². The van der Waals surface area contributed by atoms with Crippen LogP contribution in [0.1, 0.15) is 16.7 Å². The van der Waals surface area contributed by atoms with Crippen molar-refractivity contribution in [1.29, 1.82) is 0 Å². The van der Waals surface area contributed by atoms with Crippen LogP contribution >= 0.6 is 0 Å². The van der Waals surface area contributed by atoms with Gasteiger partial charge in [-0.3, -0.25) is 9.59 Å². The highest BCUT2D eigenvalue weighted by molar-refractivity contribution is 5.99. The van der Waals surface area contributed by atoms with E-state index < -0.39 is 5.82 Å². The second-order valence-electron chi connectivity index (χ2n) is 10.4. The molecule has 1 amide bonds. The Labute approximate surface area is 249 Å². The fourth-order valence-electron chi connectivity index (χ4n) is 5.26. The SMILES string of the molecule is COc1ccc(CCN(C)Cc2ccc(OC)c(OC)c2)cc1NC(=O)Cc1cccc2c(=O)c3cccc(F)c3[nH]c12. The third-order valence-corrected chi connectivity index (χ3v) is 7.48.